The molecule has 3 aromatic rings. The molecule has 0 atom stereocenters. The quantitative estimate of drug-likeness (QED) is 0.599. The van der Waals surface area contributed by atoms with E-state index in [1.54, 1.807) is 25.1 Å². The van der Waals surface area contributed by atoms with Crippen molar-refractivity contribution in [1.29, 1.82) is 0 Å². The van der Waals surface area contributed by atoms with Gasteiger partial charge in [0.05, 0.1) is 23.9 Å². The molecule has 4 nitrogen and oxygen atoms in total. The van der Waals surface area contributed by atoms with Crippen LogP contribution in [0.3, 0.4) is 0 Å². The molecule has 0 aliphatic heterocycles. The molecule has 3 rings (SSSR count). The number of methoxy groups -OCH3 is 1. The number of alkyl halides is 3. The normalized spacial score (nSPS) is 11.6. The smallest absolute Gasteiger partial charge is 0.418 e. The summed E-state index contributed by atoms with van der Waals surface area (Å²) in [5, 5.41) is 9.31. The van der Waals surface area contributed by atoms with Gasteiger partial charge in [-0.25, -0.2) is 4.79 Å². The van der Waals surface area contributed by atoms with E-state index in [9.17, 15) is 23.1 Å². The van der Waals surface area contributed by atoms with Crippen molar-refractivity contribution in [2.45, 2.75) is 26.9 Å². The molecule has 0 aliphatic rings. The highest BCUT2D eigenvalue weighted by Gasteiger charge is 2.35. The molecule has 0 saturated heterocycles. The van der Waals surface area contributed by atoms with Crippen LogP contribution in [0, 0.1) is 20.8 Å². The van der Waals surface area contributed by atoms with Crippen LogP contribution in [-0.2, 0) is 6.18 Å². The third kappa shape index (κ3) is 3.72. The fraction of sp³-hybridized carbons (Fsp3) is 0.227. The van der Waals surface area contributed by atoms with Gasteiger partial charge in [0.1, 0.15) is 5.75 Å². The number of carboxylic acid groups (broad SMARTS) is 1. The minimum Gasteiger partial charge on any atom is -0.496 e. The maximum absolute atomic E-state index is 14.0. The van der Waals surface area contributed by atoms with Crippen LogP contribution in [0.4, 0.5) is 13.2 Å². The van der Waals surface area contributed by atoms with Gasteiger partial charge in [-0.15, -0.1) is 0 Å². The van der Waals surface area contributed by atoms with Gasteiger partial charge in [-0.05, 0) is 56.7 Å². The molecule has 152 valence electrons. The zero-order valence-corrected chi connectivity index (χ0v) is 16.4. The average molecular weight is 403 g/mol. The Balaban J connectivity index is 2.28. The summed E-state index contributed by atoms with van der Waals surface area (Å²) in [6.45, 7) is 4.92. The van der Waals surface area contributed by atoms with E-state index in [1.807, 2.05) is 13.0 Å². The maximum atomic E-state index is 14.0. The second-order valence-electron chi connectivity index (χ2n) is 6.86. The molecule has 0 saturated carbocycles. The monoisotopic (exact) mass is 403 g/mol. The Morgan fingerprint density at radius 2 is 1.72 bits per heavy atom. The Labute approximate surface area is 166 Å². The fourth-order valence-electron chi connectivity index (χ4n) is 3.52. The summed E-state index contributed by atoms with van der Waals surface area (Å²) in [5.41, 5.74) is 1.46. The molecule has 0 spiro atoms. The zero-order chi connectivity index (χ0) is 21.5. The van der Waals surface area contributed by atoms with Crippen LogP contribution < -0.4 is 4.74 Å². The molecule has 0 aliphatic carbocycles. The summed E-state index contributed by atoms with van der Waals surface area (Å²) in [7, 11) is 1.47. The van der Waals surface area contributed by atoms with Gasteiger partial charge in [0.25, 0.3) is 0 Å². The summed E-state index contributed by atoms with van der Waals surface area (Å²) >= 11 is 0. The molecule has 1 N–H and O–H groups in total. The van der Waals surface area contributed by atoms with Crippen LogP contribution in [0.5, 0.6) is 5.75 Å². The molecule has 29 heavy (non-hydrogen) atoms. The summed E-state index contributed by atoms with van der Waals surface area (Å²) in [6, 6.07) is 10.7. The number of hydrogen-bond donors (Lipinski definition) is 1. The Morgan fingerprint density at radius 3 is 2.28 bits per heavy atom. The minimum atomic E-state index is -4.63. The van der Waals surface area contributed by atoms with Crippen LogP contribution in [0.25, 0.3) is 16.8 Å². The van der Waals surface area contributed by atoms with Gasteiger partial charge in [-0.2, -0.15) is 13.2 Å². The van der Waals surface area contributed by atoms with Gasteiger partial charge in [0, 0.05) is 17.0 Å². The van der Waals surface area contributed by atoms with Crippen LogP contribution >= 0.6 is 0 Å². The minimum absolute atomic E-state index is 0.0277. The van der Waals surface area contributed by atoms with E-state index >= 15 is 0 Å². The van der Waals surface area contributed by atoms with E-state index in [-0.39, 0.29) is 16.9 Å². The van der Waals surface area contributed by atoms with Gasteiger partial charge < -0.3 is 14.4 Å². The van der Waals surface area contributed by atoms with Crippen molar-refractivity contribution < 1.29 is 27.8 Å². The fourth-order valence-corrected chi connectivity index (χ4v) is 3.52. The first-order valence-corrected chi connectivity index (χ1v) is 8.83. The average Bonchev–Trinajstić information content (AvgIpc) is 2.95. The number of carbonyl (C=O) groups is 1. The second-order valence-corrected chi connectivity index (χ2v) is 6.86. The van der Waals surface area contributed by atoms with Gasteiger partial charge >= 0.3 is 12.1 Å². The van der Waals surface area contributed by atoms with Crippen LogP contribution in [0.1, 0.15) is 32.9 Å². The van der Waals surface area contributed by atoms with E-state index < -0.39 is 17.7 Å². The largest absolute Gasteiger partial charge is 0.496 e. The summed E-state index contributed by atoms with van der Waals surface area (Å²) in [5.74, 6) is -0.711. The number of benzene rings is 2. The van der Waals surface area contributed by atoms with E-state index in [0.29, 0.717) is 22.6 Å². The highest BCUT2D eigenvalue weighted by molar-refractivity contribution is 5.89. The number of halogens is 3. The number of aromatic nitrogens is 1. The van der Waals surface area contributed by atoms with Gasteiger partial charge in [-0.3, -0.25) is 0 Å². The molecule has 7 heteroatoms. The van der Waals surface area contributed by atoms with Crippen molar-refractivity contribution in [1.82, 2.24) is 4.57 Å². The van der Waals surface area contributed by atoms with Crippen molar-refractivity contribution in [3.63, 3.8) is 0 Å². The van der Waals surface area contributed by atoms with Gasteiger partial charge in [0.15, 0.2) is 0 Å². The highest BCUT2D eigenvalue weighted by Crippen LogP contribution is 2.40. The predicted molar refractivity (Wildman–Crippen MR) is 104 cm³/mol. The number of hydrogen-bond acceptors (Lipinski definition) is 2. The van der Waals surface area contributed by atoms with E-state index in [1.165, 1.54) is 30.7 Å². The predicted octanol–water partition coefficient (Wildman–Crippen LogP) is 5.80. The lowest BCUT2D eigenvalue weighted by Gasteiger charge is -2.19. The number of carboxylic acids is 1. The number of aromatic carboxylic acids is 1. The first-order valence-electron chi connectivity index (χ1n) is 8.83. The van der Waals surface area contributed by atoms with Crippen LogP contribution in [0.2, 0.25) is 0 Å². The number of rotatable bonds is 4. The van der Waals surface area contributed by atoms with Crippen molar-refractivity contribution in [3.8, 4) is 22.6 Å². The number of nitrogens with zero attached hydrogens (tertiary/aromatic N) is 1. The Bertz CT molecular complexity index is 1100. The van der Waals surface area contributed by atoms with E-state index in [4.69, 9.17) is 4.74 Å². The van der Waals surface area contributed by atoms with Crippen molar-refractivity contribution in [2.75, 3.05) is 7.11 Å². The Hall–Kier alpha value is -3.22. The van der Waals surface area contributed by atoms with Crippen molar-refractivity contribution >= 4 is 5.97 Å². The lowest BCUT2D eigenvalue weighted by Crippen LogP contribution is -2.13. The van der Waals surface area contributed by atoms with Crippen molar-refractivity contribution in [3.05, 3.63) is 70.5 Å². The van der Waals surface area contributed by atoms with Gasteiger partial charge in [-0.1, -0.05) is 17.7 Å². The second kappa shape index (κ2) is 7.31. The molecule has 0 fully saturated rings. The topological polar surface area (TPSA) is 51.5 Å². The molecule has 0 amide bonds. The van der Waals surface area contributed by atoms with Crippen molar-refractivity contribution in [2.24, 2.45) is 0 Å². The zero-order valence-electron chi connectivity index (χ0n) is 16.4. The third-order valence-electron chi connectivity index (χ3n) is 4.87. The third-order valence-corrected chi connectivity index (χ3v) is 4.87. The molecule has 1 aromatic heterocycles. The Kier molecular flexibility index (Phi) is 5.17. The molecule has 1 heterocycles. The first-order chi connectivity index (χ1) is 13.5. The number of ether oxygens (including phenoxy) is 1. The molecule has 0 radical (unpaired) electrons. The first kappa shape index (κ1) is 20.5. The number of aryl methyl sites for hydroxylation is 2. The van der Waals surface area contributed by atoms with Crippen LogP contribution in [-0.4, -0.2) is 22.8 Å². The molecular weight excluding hydrogens is 383 g/mol. The Morgan fingerprint density at radius 1 is 1.03 bits per heavy atom. The molecule has 0 bridgehead atoms. The van der Waals surface area contributed by atoms with Crippen LogP contribution in [0.15, 0.2) is 42.5 Å². The molecule has 2 aromatic carbocycles. The lowest BCUT2D eigenvalue weighted by atomic mass is 9.98. The SMILES string of the molecule is COc1ccc(C)cc1-c1ccc(-n2c(C)cc(C(=O)O)c2C)c(C(F)(F)F)c1. The maximum Gasteiger partial charge on any atom is 0.418 e. The highest BCUT2D eigenvalue weighted by atomic mass is 19.4. The lowest BCUT2D eigenvalue weighted by molar-refractivity contribution is -0.137. The molecule has 0 unspecified atom stereocenters. The summed E-state index contributed by atoms with van der Waals surface area (Å²) in [6.07, 6.45) is -4.63. The summed E-state index contributed by atoms with van der Waals surface area (Å²) in [4.78, 5) is 11.4. The van der Waals surface area contributed by atoms with E-state index in [2.05, 4.69) is 0 Å². The van der Waals surface area contributed by atoms with Gasteiger partial charge in [0.2, 0.25) is 0 Å². The summed E-state index contributed by atoms with van der Waals surface area (Å²) < 4.78 is 48.5. The standard InChI is InChI=1S/C22H20F3NO3/c1-12-5-8-20(29-4)17(9-12)15-6-7-19(18(11-15)22(23,24)25)26-13(2)10-16(14(26)3)21(27)28/h5-11H,1-4H3,(H,27,28). The molecular formula is C22H20F3NO3. The van der Waals surface area contributed by atoms with E-state index in [0.717, 1.165) is 11.6 Å².